The molecule has 0 N–H and O–H groups in total. The molecule has 1 aromatic heterocycles. The van der Waals surface area contributed by atoms with Crippen LogP contribution in [0.2, 0.25) is 13.1 Å². The number of pyridine rings is 1. The van der Waals surface area contributed by atoms with Crippen LogP contribution in [0.5, 0.6) is 0 Å². The lowest BCUT2D eigenvalue weighted by Gasteiger charge is -2.32. The van der Waals surface area contributed by atoms with E-state index in [0.29, 0.717) is 5.69 Å². The molecule has 1 unspecified atom stereocenters. The van der Waals surface area contributed by atoms with E-state index < -0.39 is 9.04 Å². The van der Waals surface area contributed by atoms with Crippen molar-refractivity contribution in [1.29, 1.82) is 0 Å². The second-order valence-corrected chi connectivity index (χ2v) is 7.91. The van der Waals surface area contributed by atoms with Gasteiger partial charge in [0.1, 0.15) is 5.69 Å². The molecule has 0 amide bonds. The molecule has 0 bridgehead atoms. The normalized spacial score (nSPS) is 13.8. The molecule has 0 saturated carbocycles. The van der Waals surface area contributed by atoms with Gasteiger partial charge in [0.25, 0.3) is 0 Å². The maximum atomic E-state index is 10.8. The molecule has 0 aromatic carbocycles. The third-order valence-corrected chi connectivity index (χ3v) is 3.19. The molecular formula is C13H21NO2Si. The predicted octanol–water partition coefficient (Wildman–Crippen LogP) is 2.98. The Bertz CT molecular complexity index is 385. The maximum Gasteiger partial charge on any atom is 0.171 e. The summed E-state index contributed by atoms with van der Waals surface area (Å²) in [5.74, 6) is 0. The molecule has 17 heavy (non-hydrogen) atoms. The van der Waals surface area contributed by atoms with Gasteiger partial charge in [0.15, 0.2) is 15.3 Å². The van der Waals surface area contributed by atoms with Gasteiger partial charge in [-0.25, -0.2) is 4.98 Å². The molecular weight excluding hydrogens is 230 g/mol. The van der Waals surface area contributed by atoms with E-state index in [9.17, 15) is 4.79 Å². The molecule has 0 fully saturated rings. The van der Waals surface area contributed by atoms with Crippen LogP contribution in [-0.2, 0) is 4.43 Å². The van der Waals surface area contributed by atoms with Crippen LogP contribution in [0, 0.1) is 5.41 Å². The Kier molecular flexibility index (Phi) is 4.59. The maximum absolute atomic E-state index is 10.8. The molecule has 0 saturated heterocycles. The van der Waals surface area contributed by atoms with Gasteiger partial charge in [-0.3, -0.25) is 4.79 Å². The second-order valence-electron chi connectivity index (χ2n) is 5.54. The van der Waals surface area contributed by atoms with Gasteiger partial charge >= 0.3 is 0 Å². The zero-order valence-corrected chi connectivity index (χ0v) is 12.4. The largest absolute Gasteiger partial charge is 0.412 e. The van der Waals surface area contributed by atoms with Crippen molar-refractivity contribution in [2.75, 3.05) is 0 Å². The van der Waals surface area contributed by atoms with Crippen LogP contribution >= 0.6 is 0 Å². The molecule has 94 valence electrons. The average molecular weight is 251 g/mol. The van der Waals surface area contributed by atoms with Crippen molar-refractivity contribution in [3.63, 3.8) is 0 Å². The summed E-state index contributed by atoms with van der Waals surface area (Å²) in [6.45, 7) is 10.7. The van der Waals surface area contributed by atoms with E-state index in [1.807, 2.05) is 12.1 Å². The monoisotopic (exact) mass is 251 g/mol. The lowest BCUT2D eigenvalue weighted by Crippen LogP contribution is -2.26. The van der Waals surface area contributed by atoms with E-state index in [2.05, 4.69) is 38.8 Å². The molecule has 3 nitrogen and oxygen atoms in total. The Morgan fingerprint density at radius 2 is 2.00 bits per heavy atom. The Labute approximate surface area is 105 Å². The first kappa shape index (κ1) is 14.1. The fourth-order valence-electron chi connectivity index (χ4n) is 1.67. The summed E-state index contributed by atoms with van der Waals surface area (Å²) in [5.41, 5.74) is 1.29. The highest BCUT2D eigenvalue weighted by Crippen LogP contribution is 2.35. The van der Waals surface area contributed by atoms with Crippen LogP contribution in [0.3, 0.4) is 0 Å². The summed E-state index contributed by atoms with van der Waals surface area (Å²) in [7, 11) is -1.15. The fourth-order valence-corrected chi connectivity index (χ4v) is 2.76. The van der Waals surface area contributed by atoms with Gasteiger partial charge in [-0.15, -0.1) is 0 Å². The fraction of sp³-hybridized carbons (Fsp3) is 0.538. The molecule has 4 heteroatoms. The standard InChI is InChI=1S/C13H21NO2Si/c1-13(2,3)12(16-17(4)5)11-8-6-7-10(9-15)14-11/h6-9,12,17H,1-5H3. The van der Waals surface area contributed by atoms with E-state index in [-0.39, 0.29) is 11.5 Å². The molecule has 1 heterocycles. The Balaban J connectivity index is 3.08. The van der Waals surface area contributed by atoms with Gasteiger partial charge < -0.3 is 4.43 Å². The van der Waals surface area contributed by atoms with Gasteiger partial charge in [0.05, 0.1) is 11.8 Å². The minimum atomic E-state index is -1.15. The van der Waals surface area contributed by atoms with Crippen molar-refractivity contribution >= 4 is 15.3 Å². The molecule has 0 aliphatic carbocycles. The van der Waals surface area contributed by atoms with E-state index >= 15 is 0 Å². The van der Waals surface area contributed by atoms with Crippen LogP contribution in [0.4, 0.5) is 0 Å². The minimum Gasteiger partial charge on any atom is -0.412 e. The van der Waals surface area contributed by atoms with E-state index in [4.69, 9.17) is 4.43 Å². The average Bonchev–Trinajstić information content (AvgIpc) is 2.24. The lowest BCUT2D eigenvalue weighted by atomic mass is 9.87. The van der Waals surface area contributed by atoms with Crippen molar-refractivity contribution in [3.05, 3.63) is 29.6 Å². The van der Waals surface area contributed by atoms with E-state index in [1.165, 1.54) is 0 Å². The number of rotatable bonds is 4. The number of aldehydes is 1. The number of hydrogen-bond donors (Lipinski definition) is 0. The summed E-state index contributed by atoms with van der Waals surface area (Å²) >= 11 is 0. The van der Waals surface area contributed by atoms with Crippen LogP contribution in [0.15, 0.2) is 18.2 Å². The Hall–Kier alpha value is -1.00. The Morgan fingerprint density at radius 1 is 1.35 bits per heavy atom. The molecule has 0 spiro atoms. The lowest BCUT2D eigenvalue weighted by molar-refractivity contribution is 0.0824. The second kappa shape index (κ2) is 5.56. The molecule has 1 rings (SSSR count). The molecule has 1 aromatic rings. The third-order valence-electron chi connectivity index (χ3n) is 2.38. The minimum absolute atomic E-state index is 0.0220. The highest BCUT2D eigenvalue weighted by atomic mass is 28.3. The summed E-state index contributed by atoms with van der Waals surface area (Å²) in [4.78, 5) is 15.1. The third kappa shape index (κ3) is 4.05. The van der Waals surface area contributed by atoms with Gasteiger partial charge in [-0.1, -0.05) is 26.8 Å². The Morgan fingerprint density at radius 3 is 2.47 bits per heavy atom. The highest BCUT2D eigenvalue weighted by Gasteiger charge is 2.29. The highest BCUT2D eigenvalue weighted by molar-refractivity contribution is 6.48. The summed E-state index contributed by atoms with van der Waals surface area (Å²) in [6.07, 6.45) is 0.727. The van der Waals surface area contributed by atoms with E-state index in [1.54, 1.807) is 6.07 Å². The van der Waals surface area contributed by atoms with Crippen molar-refractivity contribution in [3.8, 4) is 0 Å². The summed E-state index contributed by atoms with van der Waals surface area (Å²) in [5, 5.41) is 0. The van der Waals surface area contributed by atoms with Gasteiger partial charge in [-0.05, 0) is 30.6 Å². The van der Waals surface area contributed by atoms with Crippen molar-refractivity contribution in [1.82, 2.24) is 4.98 Å². The first-order valence-electron chi connectivity index (χ1n) is 5.92. The number of carbonyl (C=O) groups is 1. The number of nitrogens with zero attached hydrogens (tertiary/aromatic N) is 1. The zero-order valence-electron chi connectivity index (χ0n) is 11.2. The van der Waals surface area contributed by atoms with Gasteiger partial charge in [-0.2, -0.15) is 0 Å². The van der Waals surface area contributed by atoms with E-state index in [0.717, 1.165) is 12.0 Å². The topological polar surface area (TPSA) is 39.2 Å². The number of hydrogen-bond acceptors (Lipinski definition) is 3. The molecule has 0 aliphatic rings. The SMILES string of the molecule is C[SiH](C)OC(c1cccc(C=O)n1)C(C)(C)C. The van der Waals surface area contributed by atoms with Crippen molar-refractivity contribution < 1.29 is 9.22 Å². The van der Waals surface area contributed by atoms with Crippen LogP contribution < -0.4 is 0 Å². The zero-order chi connectivity index (χ0) is 13.1. The van der Waals surface area contributed by atoms with Gasteiger partial charge in [0.2, 0.25) is 0 Å². The van der Waals surface area contributed by atoms with Crippen LogP contribution in [0.25, 0.3) is 0 Å². The number of aromatic nitrogens is 1. The number of carbonyl (C=O) groups excluding carboxylic acids is 1. The smallest absolute Gasteiger partial charge is 0.171 e. The molecule has 1 atom stereocenters. The van der Waals surface area contributed by atoms with Crippen LogP contribution in [0.1, 0.15) is 43.1 Å². The van der Waals surface area contributed by atoms with Gasteiger partial charge in [0, 0.05) is 0 Å². The first-order chi connectivity index (χ1) is 7.84. The quantitative estimate of drug-likeness (QED) is 0.610. The van der Waals surface area contributed by atoms with Crippen LogP contribution in [-0.4, -0.2) is 20.3 Å². The van der Waals surface area contributed by atoms with Crippen molar-refractivity contribution in [2.45, 2.75) is 40.0 Å². The molecule has 0 aliphatic heterocycles. The van der Waals surface area contributed by atoms with Crippen molar-refractivity contribution in [2.24, 2.45) is 5.41 Å². The molecule has 0 radical (unpaired) electrons. The summed E-state index contributed by atoms with van der Waals surface area (Å²) in [6, 6.07) is 5.50. The summed E-state index contributed by atoms with van der Waals surface area (Å²) < 4.78 is 6.06. The predicted molar refractivity (Wildman–Crippen MR) is 71.8 cm³/mol. The first-order valence-corrected chi connectivity index (χ1v) is 8.70.